The van der Waals surface area contributed by atoms with Gasteiger partial charge in [-0.15, -0.1) is 0 Å². The van der Waals surface area contributed by atoms with Crippen LogP contribution in [0.5, 0.6) is 0 Å². The van der Waals surface area contributed by atoms with E-state index >= 15 is 0 Å². The molecular formula is C11H12ClN3O2S. The van der Waals surface area contributed by atoms with Crippen LogP contribution in [0.15, 0.2) is 12.1 Å². The van der Waals surface area contributed by atoms with Crippen LogP contribution in [-0.2, 0) is 4.79 Å². The molecule has 0 amide bonds. The molecule has 0 saturated carbocycles. The number of carboxylic acids is 1. The summed E-state index contributed by atoms with van der Waals surface area (Å²) in [6, 6.07) is 3.58. The molecule has 0 spiro atoms. The van der Waals surface area contributed by atoms with Gasteiger partial charge in [0.25, 0.3) is 0 Å². The van der Waals surface area contributed by atoms with Crippen LogP contribution in [0.25, 0.3) is 11.0 Å². The number of hydrogen-bond donors (Lipinski definition) is 2. The molecule has 5 nitrogen and oxygen atoms in total. The van der Waals surface area contributed by atoms with Crippen LogP contribution in [0, 0.1) is 0 Å². The highest BCUT2D eigenvalue weighted by atomic mass is 35.5. The fourth-order valence-electron chi connectivity index (χ4n) is 1.62. The van der Waals surface area contributed by atoms with E-state index in [0.717, 1.165) is 28.4 Å². The van der Waals surface area contributed by atoms with Crippen LogP contribution in [0.3, 0.4) is 0 Å². The molecule has 0 aliphatic rings. The van der Waals surface area contributed by atoms with Crippen molar-refractivity contribution in [2.75, 3.05) is 5.32 Å². The molecule has 1 aromatic heterocycles. The summed E-state index contributed by atoms with van der Waals surface area (Å²) in [5, 5.41) is 12.4. The van der Waals surface area contributed by atoms with Crippen molar-refractivity contribution in [3.05, 3.63) is 17.2 Å². The molecular weight excluding hydrogens is 274 g/mol. The van der Waals surface area contributed by atoms with E-state index in [1.165, 1.54) is 0 Å². The fourth-order valence-corrected chi connectivity index (χ4v) is 2.37. The Balaban J connectivity index is 2.17. The second-order valence-electron chi connectivity index (χ2n) is 4.03. The third-order valence-corrected chi connectivity index (χ3v) is 3.42. The number of carbonyl (C=O) groups is 1. The second-order valence-corrected chi connectivity index (χ2v) is 4.97. The van der Waals surface area contributed by atoms with Gasteiger partial charge in [0, 0.05) is 12.5 Å². The first-order chi connectivity index (χ1) is 8.58. The van der Waals surface area contributed by atoms with Gasteiger partial charge >= 0.3 is 5.97 Å². The minimum Gasteiger partial charge on any atom is -0.481 e. The zero-order valence-corrected chi connectivity index (χ0v) is 11.3. The molecule has 2 rings (SSSR count). The Kier molecular flexibility index (Phi) is 3.98. The molecule has 7 heteroatoms. The minimum absolute atomic E-state index is 0.00546. The molecule has 2 aromatic rings. The van der Waals surface area contributed by atoms with Gasteiger partial charge in [0.05, 0.1) is 22.4 Å². The molecule has 1 heterocycles. The molecule has 0 aliphatic heterocycles. The van der Waals surface area contributed by atoms with Crippen LogP contribution in [0.4, 0.5) is 5.69 Å². The van der Waals surface area contributed by atoms with Crippen LogP contribution in [0.2, 0.25) is 5.02 Å². The van der Waals surface area contributed by atoms with E-state index in [-0.39, 0.29) is 12.5 Å². The number of anilines is 1. The lowest BCUT2D eigenvalue weighted by atomic mass is 10.1. The number of nitrogens with one attached hydrogen (secondary N) is 1. The zero-order chi connectivity index (χ0) is 13.1. The summed E-state index contributed by atoms with van der Waals surface area (Å²) in [6.45, 7) is 1.91. The summed E-state index contributed by atoms with van der Waals surface area (Å²) in [5.74, 6) is -0.803. The number of nitrogens with zero attached hydrogens (tertiary/aromatic N) is 2. The molecule has 1 atom stereocenters. The lowest BCUT2D eigenvalue weighted by molar-refractivity contribution is -0.137. The van der Waals surface area contributed by atoms with Crippen molar-refractivity contribution < 1.29 is 9.90 Å². The molecule has 2 N–H and O–H groups in total. The van der Waals surface area contributed by atoms with Gasteiger partial charge in [-0.2, -0.15) is 8.75 Å². The molecule has 1 unspecified atom stereocenters. The maximum absolute atomic E-state index is 10.5. The molecule has 0 aliphatic carbocycles. The Hall–Kier alpha value is -1.40. The predicted octanol–water partition coefficient (Wildman–Crippen LogP) is 3.01. The van der Waals surface area contributed by atoms with Crippen LogP contribution < -0.4 is 5.32 Å². The summed E-state index contributed by atoms with van der Waals surface area (Å²) >= 11 is 7.25. The molecule has 18 heavy (non-hydrogen) atoms. The van der Waals surface area contributed by atoms with Crippen molar-refractivity contribution in [3.63, 3.8) is 0 Å². The molecule has 0 saturated heterocycles. The first-order valence-corrected chi connectivity index (χ1v) is 6.58. The average Bonchev–Trinajstić information content (AvgIpc) is 2.78. The fraction of sp³-hybridized carbons (Fsp3) is 0.364. The number of fused-ring (bicyclic) bond motifs is 1. The van der Waals surface area contributed by atoms with E-state index in [2.05, 4.69) is 14.1 Å². The van der Waals surface area contributed by atoms with Gasteiger partial charge in [-0.1, -0.05) is 11.6 Å². The topological polar surface area (TPSA) is 75.1 Å². The SMILES string of the molecule is CC(CCC(=O)O)Nc1c(Cl)ccc2nsnc12. The lowest BCUT2D eigenvalue weighted by Gasteiger charge is -2.15. The zero-order valence-electron chi connectivity index (χ0n) is 9.68. The van der Waals surface area contributed by atoms with Crippen molar-refractivity contribution in [2.24, 2.45) is 0 Å². The molecule has 96 valence electrons. The number of benzene rings is 1. The van der Waals surface area contributed by atoms with Crippen LogP contribution in [0.1, 0.15) is 19.8 Å². The number of aromatic nitrogens is 2. The molecule has 0 radical (unpaired) electrons. The third-order valence-electron chi connectivity index (χ3n) is 2.56. The Morgan fingerprint density at radius 2 is 2.33 bits per heavy atom. The third kappa shape index (κ3) is 2.88. The normalized spacial score (nSPS) is 12.6. The maximum atomic E-state index is 10.5. The average molecular weight is 286 g/mol. The van der Waals surface area contributed by atoms with E-state index < -0.39 is 5.97 Å². The van der Waals surface area contributed by atoms with E-state index in [1.807, 2.05) is 13.0 Å². The summed E-state index contributed by atoms with van der Waals surface area (Å²) in [7, 11) is 0. The molecule has 0 bridgehead atoms. The van der Waals surface area contributed by atoms with Gasteiger partial charge in [-0.05, 0) is 25.5 Å². The van der Waals surface area contributed by atoms with Crippen LogP contribution >= 0.6 is 23.3 Å². The lowest BCUT2D eigenvalue weighted by Crippen LogP contribution is -2.17. The maximum Gasteiger partial charge on any atom is 0.303 e. The minimum atomic E-state index is -0.803. The highest BCUT2D eigenvalue weighted by Crippen LogP contribution is 2.30. The Labute approximate surface area is 113 Å². The summed E-state index contributed by atoms with van der Waals surface area (Å²) in [6.07, 6.45) is 0.649. The quantitative estimate of drug-likeness (QED) is 0.883. The number of aliphatic carboxylic acids is 1. The van der Waals surface area contributed by atoms with E-state index in [0.29, 0.717) is 11.4 Å². The number of halogens is 1. The first-order valence-electron chi connectivity index (χ1n) is 5.47. The van der Waals surface area contributed by atoms with Gasteiger partial charge < -0.3 is 10.4 Å². The van der Waals surface area contributed by atoms with Crippen molar-refractivity contribution in [2.45, 2.75) is 25.8 Å². The molecule has 1 aromatic carbocycles. The number of carboxylic acid groups (broad SMARTS) is 1. The van der Waals surface area contributed by atoms with Gasteiger partial charge in [0.1, 0.15) is 11.0 Å². The smallest absolute Gasteiger partial charge is 0.303 e. The Morgan fingerprint density at radius 1 is 1.56 bits per heavy atom. The van der Waals surface area contributed by atoms with Gasteiger partial charge in [-0.3, -0.25) is 4.79 Å². The largest absolute Gasteiger partial charge is 0.481 e. The first kappa shape index (κ1) is 13.0. The summed E-state index contributed by atoms with van der Waals surface area (Å²) < 4.78 is 8.33. The predicted molar refractivity (Wildman–Crippen MR) is 72.4 cm³/mol. The monoisotopic (exact) mass is 285 g/mol. The standard InChI is InChI=1S/C11H12ClN3O2S/c1-6(2-5-9(16)17)13-10-7(12)3-4-8-11(10)15-18-14-8/h3-4,6,13H,2,5H2,1H3,(H,16,17). The summed E-state index contributed by atoms with van der Waals surface area (Å²) in [5.41, 5.74) is 2.24. The van der Waals surface area contributed by atoms with Crippen LogP contribution in [-0.4, -0.2) is 25.9 Å². The number of rotatable bonds is 5. The van der Waals surface area contributed by atoms with Gasteiger partial charge in [0.15, 0.2) is 0 Å². The van der Waals surface area contributed by atoms with E-state index in [4.69, 9.17) is 16.7 Å². The van der Waals surface area contributed by atoms with Crippen molar-refractivity contribution in [1.82, 2.24) is 8.75 Å². The van der Waals surface area contributed by atoms with Crippen molar-refractivity contribution >= 4 is 46.0 Å². The van der Waals surface area contributed by atoms with Crippen molar-refractivity contribution in [3.8, 4) is 0 Å². The molecule has 0 fully saturated rings. The van der Waals surface area contributed by atoms with Gasteiger partial charge in [-0.25, -0.2) is 0 Å². The van der Waals surface area contributed by atoms with Crippen molar-refractivity contribution in [1.29, 1.82) is 0 Å². The number of hydrogen-bond acceptors (Lipinski definition) is 5. The highest BCUT2D eigenvalue weighted by Gasteiger charge is 2.13. The van der Waals surface area contributed by atoms with E-state index in [9.17, 15) is 4.79 Å². The Bertz CT molecular complexity index is 572. The second kappa shape index (κ2) is 5.49. The summed E-state index contributed by atoms with van der Waals surface area (Å²) in [4.78, 5) is 10.5. The highest BCUT2D eigenvalue weighted by molar-refractivity contribution is 7.00. The van der Waals surface area contributed by atoms with Gasteiger partial charge in [0.2, 0.25) is 0 Å². The Morgan fingerprint density at radius 3 is 3.06 bits per heavy atom. The van der Waals surface area contributed by atoms with E-state index in [1.54, 1.807) is 6.07 Å².